The Kier molecular flexibility index (Phi) is 3.83. The van der Waals surface area contributed by atoms with Gasteiger partial charge >= 0.3 is 5.69 Å². The number of hydrogen-bond acceptors (Lipinski definition) is 3. The van der Waals surface area contributed by atoms with Gasteiger partial charge in [0.15, 0.2) is 0 Å². The maximum absolute atomic E-state index is 12.6. The van der Waals surface area contributed by atoms with E-state index >= 15 is 0 Å². The van der Waals surface area contributed by atoms with Crippen molar-refractivity contribution in [1.82, 2.24) is 19.2 Å². The highest BCUT2D eigenvalue weighted by atomic mass is 16.2. The van der Waals surface area contributed by atoms with E-state index in [1.807, 2.05) is 23.1 Å². The van der Waals surface area contributed by atoms with E-state index in [0.29, 0.717) is 19.0 Å². The Morgan fingerprint density at radius 3 is 2.61 bits per heavy atom. The summed E-state index contributed by atoms with van der Waals surface area (Å²) >= 11 is 0. The molecule has 0 spiro atoms. The molecule has 0 aliphatic carbocycles. The monoisotopic (exact) mass is 314 g/mol. The molecule has 23 heavy (non-hydrogen) atoms. The molecule has 3 rings (SSSR count). The number of hydrogen-bond donors (Lipinski definition) is 0. The molecule has 0 saturated carbocycles. The normalized spacial score (nSPS) is 20.0. The van der Waals surface area contributed by atoms with Crippen molar-refractivity contribution in [2.75, 3.05) is 13.1 Å². The Balaban J connectivity index is 1.76. The lowest BCUT2D eigenvalue weighted by molar-refractivity contribution is -0.131. The summed E-state index contributed by atoms with van der Waals surface area (Å²) in [5.74, 6) is 0.241. The highest BCUT2D eigenvalue weighted by Gasteiger charge is 2.41. The zero-order valence-electron chi connectivity index (χ0n) is 13.8. The molecular weight excluding hydrogens is 292 g/mol. The average Bonchev–Trinajstić information content (AvgIpc) is 3.01. The largest absolute Gasteiger partial charge is 0.345 e. The van der Waals surface area contributed by atoms with Gasteiger partial charge in [0.1, 0.15) is 12.9 Å². The van der Waals surface area contributed by atoms with Crippen LogP contribution < -0.4 is 5.69 Å². The maximum atomic E-state index is 12.6. The van der Waals surface area contributed by atoms with E-state index < -0.39 is 0 Å². The van der Waals surface area contributed by atoms with Crippen molar-refractivity contribution in [2.45, 2.75) is 26.3 Å². The van der Waals surface area contributed by atoms with Gasteiger partial charge in [-0.1, -0.05) is 44.2 Å². The number of carbonyl (C=O) groups excluding carboxylic acids is 1. The summed E-state index contributed by atoms with van der Waals surface area (Å²) < 4.78 is 2.58. The first-order chi connectivity index (χ1) is 10.9. The van der Waals surface area contributed by atoms with Gasteiger partial charge in [0.05, 0.1) is 0 Å². The second-order valence-electron chi connectivity index (χ2n) is 6.91. The number of carbonyl (C=O) groups is 1. The SMILES string of the molecule is Cn1cnn(CC(=O)N2CC(c3ccccc3)C(C)(C)C2)c1=O. The van der Waals surface area contributed by atoms with Crippen LogP contribution in [0.1, 0.15) is 25.3 Å². The van der Waals surface area contributed by atoms with Crippen molar-refractivity contribution in [3.63, 3.8) is 0 Å². The van der Waals surface area contributed by atoms with Crippen LogP contribution >= 0.6 is 0 Å². The minimum atomic E-state index is -0.267. The molecule has 1 unspecified atom stereocenters. The first-order valence-electron chi connectivity index (χ1n) is 7.79. The predicted molar refractivity (Wildman–Crippen MR) is 87.0 cm³/mol. The number of nitrogens with zero attached hydrogens (tertiary/aromatic N) is 4. The molecular formula is C17H22N4O2. The maximum Gasteiger partial charge on any atom is 0.345 e. The van der Waals surface area contributed by atoms with Crippen molar-refractivity contribution in [1.29, 1.82) is 0 Å². The van der Waals surface area contributed by atoms with Gasteiger partial charge in [-0.2, -0.15) is 5.10 Å². The molecule has 122 valence electrons. The molecule has 0 N–H and O–H groups in total. The molecule has 1 aromatic carbocycles. The van der Waals surface area contributed by atoms with Gasteiger partial charge < -0.3 is 4.90 Å². The molecule has 1 aliphatic rings. The molecule has 1 fully saturated rings. The van der Waals surface area contributed by atoms with Crippen LogP contribution in [0.4, 0.5) is 0 Å². The quantitative estimate of drug-likeness (QED) is 0.856. The lowest BCUT2D eigenvalue weighted by Gasteiger charge is -2.25. The van der Waals surface area contributed by atoms with Crippen molar-refractivity contribution in [2.24, 2.45) is 12.5 Å². The van der Waals surface area contributed by atoms with Crippen LogP contribution in [0.15, 0.2) is 41.5 Å². The number of rotatable bonds is 3. The number of aromatic nitrogens is 3. The Bertz CT molecular complexity index is 760. The molecule has 1 aliphatic heterocycles. The van der Waals surface area contributed by atoms with Gasteiger partial charge in [0.2, 0.25) is 5.91 Å². The van der Waals surface area contributed by atoms with E-state index in [9.17, 15) is 9.59 Å². The zero-order chi connectivity index (χ0) is 16.6. The van der Waals surface area contributed by atoms with Crippen LogP contribution in [0.25, 0.3) is 0 Å². The summed E-state index contributed by atoms with van der Waals surface area (Å²) in [5.41, 5.74) is 0.991. The molecule has 1 aromatic heterocycles. The van der Waals surface area contributed by atoms with E-state index in [1.54, 1.807) is 7.05 Å². The summed E-state index contributed by atoms with van der Waals surface area (Å²) in [4.78, 5) is 26.2. The molecule has 6 heteroatoms. The molecule has 1 atom stereocenters. The van der Waals surface area contributed by atoms with Crippen molar-refractivity contribution < 1.29 is 4.79 Å². The minimum Gasteiger partial charge on any atom is -0.340 e. The van der Waals surface area contributed by atoms with Gasteiger partial charge in [0, 0.05) is 26.1 Å². The molecule has 1 amide bonds. The Morgan fingerprint density at radius 1 is 1.30 bits per heavy atom. The van der Waals surface area contributed by atoms with Crippen LogP contribution in [-0.4, -0.2) is 38.2 Å². The van der Waals surface area contributed by atoms with Gasteiger partial charge in [-0.05, 0) is 11.0 Å². The smallest absolute Gasteiger partial charge is 0.340 e. The molecule has 0 bridgehead atoms. The molecule has 2 aromatic rings. The van der Waals surface area contributed by atoms with Crippen LogP contribution in [0.3, 0.4) is 0 Å². The fraction of sp³-hybridized carbons (Fsp3) is 0.471. The first kappa shape index (κ1) is 15.5. The van der Waals surface area contributed by atoms with Crippen LogP contribution in [0, 0.1) is 5.41 Å². The standard InChI is InChI=1S/C17H22N4O2/c1-17(2)11-20(9-14(17)13-7-5-4-6-8-13)15(22)10-21-16(23)19(3)12-18-21/h4-8,12,14H,9-11H2,1-3H3. The summed E-state index contributed by atoms with van der Waals surface area (Å²) in [6.07, 6.45) is 1.43. The Morgan fingerprint density at radius 2 is 2.00 bits per heavy atom. The molecule has 1 saturated heterocycles. The minimum absolute atomic E-state index is 0.00272. The predicted octanol–water partition coefficient (Wildman–Crippen LogP) is 1.23. The third-order valence-electron chi connectivity index (χ3n) is 4.67. The van der Waals surface area contributed by atoms with E-state index in [0.717, 1.165) is 0 Å². The first-order valence-corrected chi connectivity index (χ1v) is 7.79. The van der Waals surface area contributed by atoms with Gasteiger partial charge in [-0.25, -0.2) is 9.48 Å². The van der Waals surface area contributed by atoms with Gasteiger partial charge in [0.25, 0.3) is 0 Å². The van der Waals surface area contributed by atoms with E-state index in [2.05, 4.69) is 31.1 Å². The highest BCUT2D eigenvalue weighted by molar-refractivity contribution is 5.76. The van der Waals surface area contributed by atoms with Crippen molar-refractivity contribution in [3.8, 4) is 0 Å². The zero-order valence-corrected chi connectivity index (χ0v) is 13.8. The van der Waals surface area contributed by atoms with Gasteiger partial charge in [-0.15, -0.1) is 0 Å². The number of likely N-dealkylation sites (tertiary alicyclic amines) is 1. The summed E-state index contributed by atoms with van der Waals surface area (Å²) in [6, 6.07) is 10.3. The van der Waals surface area contributed by atoms with E-state index in [1.165, 1.54) is 21.1 Å². The van der Waals surface area contributed by atoms with Crippen molar-refractivity contribution >= 4 is 5.91 Å². The summed E-state index contributed by atoms with van der Waals surface area (Å²) in [6.45, 7) is 5.73. The average molecular weight is 314 g/mol. The Hall–Kier alpha value is -2.37. The number of aryl methyl sites for hydroxylation is 1. The summed E-state index contributed by atoms with van der Waals surface area (Å²) in [7, 11) is 1.63. The van der Waals surface area contributed by atoms with E-state index in [-0.39, 0.29) is 23.6 Å². The lowest BCUT2D eigenvalue weighted by Crippen LogP contribution is -2.36. The fourth-order valence-electron chi connectivity index (χ4n) is 3.32. The van der Waals surface area contributed by atoms with Crippen LogP contribution in [-0.2, 0) is 18.4 Å². The Labute approximate surface area is 135 Å². The molecule has 6 nitrogen and oxygen atoms in total. The fourth-order valence-corrected chi connectivity index (χ4v) is 3.32. The third kappa shape index (κ3) is 2.93. The number of amides is 1. The molecule has 2 heterocycles. The second-order valence-corrected chi connectivity index (χ2v) is 6.91. The highest BCUT2D eigenvalue weighted by Crippen LogP contribution is 2.42. The topological polar surface area (TPSA) is 60.1 Å². The van der Waals surface area contributed by atoms with Crippen LogP contribution in [0.2, 0.25) is 0 Å². The lowest BCUT2D eigenvalue weighted by atomic mass is 9.78. The van der Waals surface area contributed by atoms with Gasteiger partial charge in [-0.3, -0.25) is 9.36 Å². The third-order valence-corrected chi connectivity index (χ3v) is 4.67. The number of benzene rings is 1. The molecule has 0 radical (unpaired) electrons. The summed E-state index contributed by atoms with van der Waals surface area (Å²) in [5, 5.41) is 3.96. The van der Waals surface area contributed by atoms with Crippen molar-refractivity contribution in [3.05, 3.63) is 52.7 Å². The van der Waals surface area contributed by atoms with Crippen LogP contribution in [0.5, 0.6) is 0 Å². The second kappa shape index (κ2) is 5.68. The van der Waals surface area contributed by atoms with E-state index in [4.69, 9.17) is 0 Å².